The molecule has 0 radical (unpaired) electrons. The van der Waals surface area contributed by atoms with Gasteiger partial charge in [0.15, 0.2) is 0 Å². The number of rotatable bonds is 5. The van der Waals surface area contributed by atoms with Gasteiger partial charge in [0.1, 0.15) is 5.56 Å². The molecular formula is C16H20N2O4S. The zero-order valence-electron chi connectivity index (χ0n) is 12.8. The van der Waals surface area contributed by atoms with Gasteiger partial charge in [-0.15, -0.1) is 0 Å². The normalized spacial score (nSPS) is 23.8. The van der Waals surface area contributed by atoms with Gasteiger partial charge in [0.2, 0.25) is 0 Å². The van der Waals surface area contributed by atoms with Crippen LogP contribution in [0.4, 0.5) is 5.69 Å². The lowest BCUT2D eigenvalue weighted by Crippen LogP contribution is -2.44. The summed E-state index contributed by atoms with van der Waals surface area (Å²) in [6.07, 6.45) is 2.94. The molecule has 3 rings (SSSR count). The van der Waals surface area contributed by atoms with Gasteiger partial charge in [0, 0.05) is 31.0 Å². The summed E-state index contributed by atoms with van der Waals surface area (Å²) in [6, 6.07) is 6.33. The van der Waals surface area contributed by atoms with E-state index in [9.17, 15) is 14.9 Å². The van der Waals surface area contributed by atoms with Gasteiger partial charge in [0.05, 0.1) is 11.0 Å². The highest BCUT2D eigenvalue weighted by Gasteiger charge is 2.33. The Labute approximate surface area is 139 Å². The van der Waals surface area contributed by atoms with Crippen LogP contribution in [0.3, 0.4) is 0 Å². The Kier molecular flexibility index (Phi) is 5.17. The first-order valence-electron chi connectivity index (χ1n) is 7.90. The van der Waals surface area contributed by atoms with Crippen molar-refractivity contribution in [2.45, 2.75) is 31.4 Å². The number of hydrogen-bond donors (Lipinski definition) is 0. The number of ether oxygens (including phenoxy) is 1. The minimum atomic E-state index is -0.485. The Hall–Kier alpha value is -1.60. The first kappa shape index (κ1) is 16.3. The molecule has 7 heteroatoms. The summed E-state index contributed by atoms with van der Waals surface area (Å²) >= 11 is 1.82. The molecular weight excluding hydrogens is 316 g/mol. The van der Waals surface area contributed by atoms with Crippen LogP contribution in [0.2, 0.25) is 0 Å². The van der Waals surface area contributed by atoms with Crippen LogP contribution in [0, 0.1) is 10.1 Å². The minimum absolute atomic E-state index is 0.0484. The molecule has 0 N–H and O–H groups in total. The van der Waals surface area contributed by atoms with Crippen molar-refractivity contribution in [2.24, 2.45) is 0 Å². The van der Waals surface area contributed by atoms with Gasteiger partial charge in [-0.25, -0.2) is 0 Å². The van der Waals surface area contributed by atoms with Crippen molar-refractivity contribution < 1.29 is 14.5 Å². The number of benzene rings is 1. The number of thioether (sulfide) groups is 1. The molecule has 0 aliphatic carbocycles. The van der Waals surface area contributed by atoms with E-state index in [2.05, 4.69) is 0 Å². The highest BCUT2D eigenvalue weighted by atomic mass is 32.2. The molecule has 0 bridgehead atoms. The predicted octanol–water partition coefficient (Wildman–Crippen LogP) is 2.72. The van der Waals surface area contributed by atoms with Crippen LogP contribution in [0.25, 0.3) is 0 Å². The summed E-state index contributed by atoms with van der Waals surface area (Å²) in [5.41, 5.74) is 0.0490. The summed E-state index contributed by atoms with van der Waals surface area (Å²) in [5, 5.41) is 11.2. The van der Waals surface area contributed by atoms with Crippen LogP contribution in [0.15, 0.2) is 24.3 Å². The van der Waals surface area contributed by atoms with Crippen LogP contribution in [-0.2, 0) is 4.74 Å². The van der Waals surface area contributed by atoms with E-state index in [0.717, 1.165) is 37.4 Å². The molecule has 0 saturated carbocycles. The summed E-state index contributed by atoms with van der Waals surface area (Å²) in [5.74, 6) is 1.66. The van der Waals surface area contributed by atoms with Crippen molar-refractivity contribution in [1.82, 2.24) is 4.90 Å². The average molecular weight is 336 g/mol. The molecule has 1 aromatic rings. The molecule has 0 unspecified atom stereocenters. The third kappa shape index (κ3) is 3.67. The third-order valence-corrected chi connectivity index (χ3v) is 5.51. The van der Waals surface area contributed by atoms with E-state index in [0.29, 0.717) is 6.54 Å². The number of nitrogens with zero attached hydrogens (tertiary/aromatic N) is 2. The van der Waals surface area contributed by atoms with Gasteiger partial charge in [-0.05, 0) is 31.1 Å². The molecule has 2 aliphatic rings. The Morgan fingerprint density at radius 2 is 2.22 bits per heavy atom. The van der Waals surface area contributed by atoms with Gasteiger partial charge >= 0.3 is 0 Å². The van der Waals surface area contributed by atoms with Crippen LogP contribution in [-0.4, -0.2) is 52.5 Å². The second kappa shape index (κ2) is 7.31. The van der Waals surface area contributed by atoms with Crippen molar-refractivity contribution in [3.63, 3.8) is 0 Å². The van der Waals surface area contributed by atoms with Crippen LogP contribution in [0.1, 0.15) is 29.6 Å². The number of carbonyl (C=O) groups excluding carboxylic acids is 1. The second-order valence-corrected chi connectivity index (χ2v) is 7.03. The van der Waals surface area contributed by atoms with Crippen molar-refractivity contribution in [3.05, 3.63) is 39.9 Å². The smallest absolute Gasteiger partial charge is 0.282 e. The lowest BCUT2D eigenvalue weighted by molar-refractivity contribution is -0.385. The van der Waals surface area contributed by atoms with Gasteiger partial charge in [-0.1, -0.05) is 12.1 Å². The number of carbonyl (C=O) groups is 1. The maximum Gasteiger partial charge on any atom is 0.282 e. The molecule has 2 saturated heterocycles. The lowest BCUT2D eigenvalue weighted by Gasteiger charge is -2.30. The number of hydrogen-bond acceptors (Lipinski definition) is 5. The Morgan fingerprint density at radius 3 is 2.87 bits per heavy atom. The van der Waals surface area contributed by atoms with E-state index in [1.165, 1.54) is 6.07 Å². The SMILES string of the molecule is O=C(c1ccccc1[N+](=O)[O-])N(C[C@@H]1CCCO1)[C@H]1CCSC1. The molecule has 124 valence electrons. The molecule has 2 fully saturated rings. The fourth-order valence-corrected chi connectivity index (χ4v) is 4.37. The van der Waals surface area contributed by atoms with Gasteiger partial charge < -0.3 is 9.64 Å². The molecule has 23 heavy (non-hydrogen) atoms. The van der Waals surface area contributed by atoms with Crippen molar-refractivity contribution in [1.29, 1.82) is 0 Å². The fourth-order valence-electron chi connectivity index (χ4n) is 3.14. The minimum Gasteiger partial charge on any atom is -0.376 e. The van der Waals surface area contributed by atoms with E-state index < -0.39 is 4.92 Å². The maximum absolute atomic E-state index is 13.0. The van der Waals surface area contributed by atoms with Crippen LogP contribution < -0.4 is 0 Å². The summed E-state index contributed by atoms with van der Waals surface area (Å²) in [6.45, 7) is 1.26. The fraction of sp³-hybridized carbons (Fsp3) is 0.562. The molecule has 1 aromatic carbocycles. The van der Waals surface area contributed by atoms with Crippen LogP contribution >= 0.6 is 11.8 Å². The van der Waals surface area contributed by atoms with Gasteiger partial charge in [0.25, 0.3) is 11.6 Å². The summed E-state index contributed by atoms with van der Waals surface area (Å²) in [4.78, 5) is 25.5. The molecule has 1 amide bonds. The van der Waals surface area contributed by atoms with Gasteiger partial charge in [-0.3, -0.25) is 14.9 Å². The zero-order valence-corrected chi connectivity index (χ0v) is 13.7. The number of para-hydroxylation sites is 1. The van der Waals surface area contributed by atoms with Gasteiger partial charge in [-0.2, -0.15) is 11.8 Å². The Balaban J connectivity index is 1.85. The first-order chi connectivity index (χ1) is 11.2. The predicted molar refractivity (Wildman–Crippen MR) is 88.8 cm³/mol. The van der Waals surface area contributed by atoms with E-state index in [-0.39, 0.29) is 29.3 Å². The lowest BCUT2D eigenvalue weighted by atomic mass is 10.1. The van der Waals surface area contributed by atoms with Crippen molar-refractivity contribution in [3.8, 4) is 0 Å². The van der Waals surface area contributed by atoms with Crippen molar-refractivity contribution in [2.75, 3.05) is 24.7 Å². The monoisotopic (exact) mass is 336 g/mol. The second-order valence-electron chi connectivity index (χ2n) is 5.88. The Morgan fingerprint density at radius 1 is 1.39 bits per heavy atom. The van der Waals surface area contributed by atoms with E-state index in [1.807, 2.05) is 11.8 Å². The zero-order chi connectivity index (χ0) is 16.2. The highest BCUT2D eigenvalue weighted by Crippen LogP contribution is 2.28. The molecule has 2 atom stereocenters. The molecule has 0 spiro atoms. The van der Waals surface area contributed by atoms with E-state index in [1.54, 1.807) is 23.1 Å². The molecule has 0 aromatic heterocycles. The van der Waals surface area contributed by atoms with E-state index >= 15 is 0 Å². The maximum atomic E-state index is 13.0. The molecule has 2 aliphatic heterocycles. The number of nitro benzene ring substituents is 1. The number of nitro groups is 1. The summed E-state index contributed by atoms with van der Waals surface area (Å²) < 4.78 is 5.67. The third-order valence-electron chi connectivity index (χ3n) is 4.36. The summed E-state index contributed by atoms with van der Waals surface area (Å²) in [7, 11) is 0. The van der Waals surface area contributed by atoms with Crippen LogP contribution in [0.5, 0.6) is 0 Å². The molecule has 2 heterocycles. The first-order valence-corrected chi connectivity index (χ1v) is 9.06. The number of amides is 1. The van der Waals surface area contributed by atoms with Crippen molar-refractivity contribution >= 4 is 23.4 Å². The highest BCUT2D eigenvalue weighted by molar-refractivity contribution is 7.99. The van der Waals surface area contributed by atoms with E-state index in [4.69, 9.17) is 4.74 Å². The average Bonchev–Trinajstić information content (AvgIpc) is 3.25. The molecule has 6 nitrogen and oxygen atoms in total. The Bertz CT molecular complexity index is 583. The standard InChI is InChI=1S/C16H20N2O4S/c19-16(14-5-1-2-6-15(14)18(20)21)17(12-7-9-23-11-12)10-13-4-3-8-22-13/h1-2,5-6,12-13H,3-4,7-11H2/t12-,13-/m0/s1. The topological polar surface area (TPSA) is 72.7 Å². The quantitative estimate of drug-likeness (QED) is 0.610. The largest absolute Gasteiger partial charge is 0.376 e.